The number of hydrogen-bond donors (Lipinski definition) is 0. The molecule has 0 amide bonds. The Labute approximate surface area is 102 Å². The topological polar surface area (TPSA) is 20.3 Å². The van der Waals surface area contributed by atoms with E-state index in [1.807, 2.05) is 6.07 Å². The van der Waals surface area contributed by atoms with Crippen molar-refractivity contribution >= 4 is 17.9 Å². The van der Waals surface area contributed by atoms with Gasteiger partial charge in [0.1, 0.15) is 6.29 Å². The van der Waals surface area contributed by atoms with Crippen LogP contribution in [0.4, 0.5) is 0 Å². The summed E-state index contributed by atoms with van der Waals surface area (Å²) in [5.41, 5.74) is 1.76. The van der Waals surface area contributed by atoms with Gasteiger partial charge in [-0.2, -0.15) is 0 Å². The SMILES string of the molecule is CC(C)N(C)CCc1cc(Cl)ccc1C=O. The maximum absolute atomic E-state index is 10.9. The van der Waals surface area contributed by atoms with Gasteiger partial charge in [-0.25, -0.2) is 0 Å². The lowest BCUT2D eigenvalue weighted by Gasteiger charge is -2.21. The van der Waals surface area contributed by atoms with E-state index >= 15 is 0 Å². The van der Waals surface area contributed by atoms with Crippen molar-refractivity contribution in [3.8, 4) is 0 Å². The Kier molecular flexibility index (Phi) is 4.97. The number of halogens is 1. The van der Waals surface area contributed by atoms with Crippen LogP contribution in [0.5, 0.6) is 0 Å². The summed E-state index contributed by atoms with van der Waals surface area (Å²) in [6, 6.07) is 5.92. The minimum Gasteiger partial charge on any atom is -0.304 e. The van der Waals surface area contributed by atoms with Gasteiger partial charge in [0.2, 0.25) is 0 Å². The predicted molar refractivity (Wildman–Crippen MR) is 68.3 cm³/mol. The van der Waals surface area contributed by atoms with Crippen LogP contribution in [0.25, 0.3) is 0 Å². The molecule has 0 atom stereocenters. The van der Waals surface area contributed by atoms with Crippen LogP contribution in [0.15, 0.2) is 18.2 Å². The van der Waals surface area contributed by atoms with Gasteiger partial charge in [0.15, 0.2) is 0 Å². The predicted octanol–water partition coefficient (Wildman–Crippen LogP) is 3.04. The summed E-state index contributed by atoms with van der Waals surface area (Å²) in [6.45, 7) is 5.23. The van der Waals surface area contributed by atoms with E-state index in [4.69, 9.17) is 11.6 Å². The van der Waals surface area contributed by atoms with Gasteiger partial charge in [-0.05, 0) is 51.1 Å². The normalized spacial score (nSPS) is 11.1. The standard InChI is InChI=1S/C13H18ClNO/c1-10(2)15(3)7-6-11-8-13(14)5-4-12(11)9-16/h4-5,8-10H,6-7H2,1-3H3. The average Bonchev–Trinajstić information content (AvgIpc) is 2.25. The summed E-state index contributed by atoms with van der Waals surface area (Å²) < 4.78 is 0. The zero-order valence-corrected chi connectivity index (χ0v) is 10.8. The van der Waals surface area contributed by atoms with Crippen molar-refractivity contribution in [3.05, 3.63) is 34.3 Å². The van der Waals surface area contributed by atoms with Crippen LogP contribution in [-0.4, -0.2) is 30.8 Å². The van der Waals surface area contributed by atoms with Crippen LogP contribution >= 0.6 is 11.6 Å². The molecule has 0 N–H and O–H groups in total. The molecule has 0 aliphatic heterocycles. The Morgan fingerprint density at radius 3 is 2.69 bits per heavy atom. The smallest absolute Gasteiger partial charge is 0.150 e. The highest BCUT2D eigenvalue weighted by Crippen LogP contribution is 2.15. The minimum absolute atomic E-state index is 0.513. The van der Waals surface area contributed by atoms with Gasteiger partial charge >= 0.3 is 0 Å². The molecule has 1 aromatic carbocycles. The summed E-state index contributed by atoms with van der Waals surface area (Å²) in [5, 5.41) is 0.688. The number of carbonyl (C=O) groups excluding carboxylic acids is 1. The van der Waals surface area contributed by atoms with Crippen LogP contribution in [0, 0.1) is 0 Å². The maximum Gasteiger partial charge on any atom is 0.150 e. The molecule has 0 bridgehead atoms. The summed E-state index contributed by atoms with van der Waals surface area (Å²) in [7, 11) is 2.08. The number of aldehydes is 1. The molecule has 0 aliphatic carbocycles. The fourth-order valence-electron chi connectivity index (χ4n) is 1.46. The van der Waals surface area contributed by atoms with E-state index in [1.165, 1.54) is 0 Å². The third kappa shape index (κ3) is 3.62. The summed E-state index contributed by atoms with van der Waals surface area (Å²) in [5.74, 6) is 0. The quantitative estimate of drug-likeness (QED) is 0.737. The zero-order chi connectivity index (χ0) is 12.1. The Hall–Kier alpha value is -0.860. The molecule has 2 nitrogen and oxygen atoms in total. The Morgan fingerprint density at radius 1 is 1.44 bits per heavy atom. The molecular weight excluding hydrogens is 222 g/mol. The number of nitrogens with zero attached hydrogens (tertiary/aromatic N) is 1. The summed E-state index contributed by atoms with van der Waals surface area (Å²) in [4.78, 5) is 13.1. The van der Waals surface area contributed by atoms with Gasteiger partial charge in [-0.3, -0.25) is 4.79 Å². The lowest BCUT2D eigenvalue weighted by molar-refractivity contribution is 0.112. The van der Waals surface area contributed by atoms with Crippen molar-refractivity contribution in [2.24, 2.45) is 0 Å². The van der Waals surface area contributed by atoms with Gasteiger partial charge in [0.25, 0.3) is 0 Å². The number of hydrogen-bond acceptors (Lipinski definition) is 2. The number of carbonyl (C=O) groups is 1. The van der Waals surface area contributed by atoms with E-state index in [9.17, 15) is 4.79 Å². The molecule has 0 aliphatic rings. The monoisotopic (exact) mass is 239 g/mol. The summed E-state index contributed by atoms with van der Waals surface area (Å²) in [6.07, 6.45) is 1.74. The molecule has 0 unspecified atom stereocenters. The molecule has 0 spiro atoms. The second kappa shape index (κ2) is 6.02. The second-order valence-corrected chi connectivity index (χ2v) is 4.72. The molecule has 0 fully saturated rings. The first-order valence-electron chi connectivity index (χ1n) is 5.48. The molecule has 88 valence electrons. The highest BCUT2D eigenvalue weighted by Gasteiger charge is 2.06. The molecular formula is C13H18ClNO. The van der Waals surface area contributed by atoms with E-state index in [-0.39, 0.29) is 0 Å². The first-order valence-corrected chi connectivity index (χ1v) is 5.86. The maximum atomic E-state index is 10.9. The van der Waals surface area contributed by atoms with Crippen molar-refractivity contribution in [2.75, 3.05) is 13.6 Å². The Morgan fingerprint density at radius 2 is 2.12 bits per heavy atom. The van der Waals surface area contributed by atoms with Crippen molar-refractivity contribution < 1.29 is 4.79 Å². The van der Waals surface area contributed by atoms with Gasteiger partial charge in [0, 0.05) is 23.2 Å². The van der Waals surface area contributed by atoms with E-state index in [0.29, 0.717) is 11.1 Å². The molecule has 0 radical (unpaired) electrons. The number of likely N-dealkylation sites (N-methyl/N-ethyl adjacent to an activating group) is 1. The van der Waals surface area contributed by atoms with Gasteiger partial charge in [-0.1, -0.05) is 11.6 Å². The molecule has 0 heterocycles. The highest BCUT2D eigenvalue weighted by molar-refractivity contribution is 6.30. The van der Waals surface area contributed by atoms with E-state index in [0.717, 1.165) is 30.4 Å². The molecule has 1 rings (SSSR count). The largest absolute Gasteiger partial charge is 0.304 e. The van der Waals surface area contributed by atoms with Crippen molar-refractivity contribution in [1.29, 1.82) is 0 Å². The van der Waals surface area contributed by atoms with Crippen molar-refractivity contribution in [2.45, 2.75) is 26.3 Å². The minimum atomic E-state index is 0.513. The second-order valence-electron chi connectivity index (χ2n) is 4.29. The lowest BCUT2D eigenvalue weighted by Crippen LogP contribution is -2.28. The number of benzene rings is 1. The van der Waals surface area contributed by atoms with Gasteiger partial charge in [0.05, 0.1) is 0 Å². The summed E-state index contributed by atoms with van der Waals surface area (Å²) >= 11 is 5.92. The zero-order valence-electron chi connectivity index (χ0n) is 10.0. The molecule has 0 saturated carbocycles. The van der Waals surface area contributed by atoms with Crippen molar-refractivity contribution in [1.82, 2.24) is 4.90 Å². The van der Waals surface area contributed by atoms with Crippen LogP contribution in [0.3, 0.4) is 0 Å². The first kappa shape index (κ1) is 13.2. The average molecular weight is 240 g/mol. The van der Waals surface area contributed by atoms with Gasteiger partial charge in [-0.15, -0.1) is 0 Å². The fourth-order valence-corrected chi connectivity index (χ4v) is 1.66. The highest BCUT2D eigenvalue weighted by atomic mass is 35.5. The molecule has 0 saturated heterocycles. The number of rotatable bonds is 5. The van der Waals surface area contributed by atoms with E-state index in [2.05, 4.69) is 25.8 Å². The van der Waals surface area contributed by atoms with E-state index in [1.54, 1.807) is 12.1 Å². The molecule has 16 heavy (non-hydrogen) atoms. The third-order valence-corrected chi connectivity index (χ3v) is 3.08. The lowest BCUT2D eigenvalue weighted by atomic mass is 10.1. The van der Waals surface area contributed by atoms with Crippen LogP contribution in [0.1, 0.15) is 29.8 Å². The van der Waals surface area contributed by atoms with Gasteiger partial charge < -0.3 is 4.90 Å². The molecule has 3 heteroatoms. The van der Waals surface area contributed by atoms with Crippen LogP contribution in [-0.2, 0) is 6.42 Å². The Bertz CT molecular complexity index is 363. The van der Waals surface area contributed by atoms with Crippen LogP contribution in [0.2, 0.25) is 5.02 Å². The first-order chi connectivity index (χ1) is 7.54. The fraction of sp³-hybridized carbons (Fsp3) is 0.462. The molecule has 0 aromatic heterocycles. The Balaban J connectivity index is 2.72. The van der Waals surface area contributed by atoms with Crippen LogP contribution < -0.4 is 0 Å². The molecule has 1 aromatic rings. The third-order valence-electron chi connectivity index (χ3n) is 2.85. The van der Waals surface area contributed by atoms with Crippen molar-refractivity contribution in [3.63, 3.8) is 0 Å². The van der Waals surface area contributed by atoms with E-state index < -0.39 is 0 Å².